The maximum atomic E-state index is 14.5. The predicted molar refractivity (Wildman–Crippen MR) is 111 cm³/mol. The van der Waals surface area contributed by atoms with Crippen LogP contribution >= 0.6 is 0 Å². The van der Waals surface area contributed by atoms with Crippen LogP contribution < -0.4 is 4.74 Å². The molecule has 1 N–H and O–H groups in total. The predicted octanol–water partition coefficient (Wildman–Crippen LogP) is 4.40. The first-order valence-electron chi connectivity index (χ1n) is 8.95. The monoisotopic (exact) mass is 416 g/mol. The van der Waals surface area contributed by atoms with Crippen molar-refractivity contribution in [3.8, 4) is 5.75 Å². The Kier molecular flexibility index (Phi) is 5.61. The Morgan fingerprint density at radius 2 is 1.79 bits per heavy atom. The summed E-state index contributed by atoms with van der Waals surface area (Å²) < 4.78 is 45.1. The maximum absolute atomic E-state index is 14.5. The molecule has 0 saturated carbocycles. The number of carboxylic acid groups (broad SMARTS) is 1. The lowest BCUT2D eigenvalue weighted by Gasteiger charge is -2.14. The van der Waals surface area contributed by atoms with Crippen LogP contribution in [0.3, 0.4) is 0 Å². The first kappa shape index (κ1) is 20.8. The Balaban J connectivity index is 2.40. The van der Waals surface area contributed by atoms with Crippen LogP contribution in [0, 0.1) is 5.82 Å². The van der Waals surface area contributed by atoms with E-state index < -0.39 is 21.6 Å². The van der Waals surface area contributed by atoms with E-state index in [2.05, 4.69) is 0 Å². The number of aliphatic carboxylic acids is 1. The van der Waals surface area contributed by atoms with Crippen LogP contribution in [0.1, 0.15) is 36.5 Å². The molecule has 1 aliphatic rings. The van der Waals surface area contributed by atoms with Crippen molar-refractivity contribution in [2.75, 3.05) is 13.4 Å². The summed E-state index contributed by atoms with van der Waals surface area (Å²) in [7, 11) is -2.34. The van der Waals surface area contributed by atoms with Gasteiger partial charge < -0.3 is 9.84 Å². The number of sulfone groups is 1. The zero-order chi connectivity index (χ0) is 21.3. The molecular formula is C22H21FO5S. The van der Waals surface area contributed by atoms with E-state index in [4.69, 9.17) is 9.84 Å². The molecule has 0 atom stereocenters. The standard InChI is InChI=1S/C22H21FO5S/c1-13-15(9-10-20(24)25)16-12-19(28-2)18(23)11-17(16)21(13)22(29(3,26)27)14-7-5-4-6-8-14/h4-8,11-12H,9-10H2,1-3H3,(H,24,25). The maximum Gasteiger partial charge on any atom is 0.303 e. The second-order valence-corrected chi connectivity index (χ2v) is 8.82. The van der Waals surface area contributed by atoms with E-state index in [1.807, 2.05) is 0 Å². The zero-order valence-electron chi connectivity index (χ0n) is 16.3. The SMILES string of the molecule is COc1cc2c(cc1F)C(=C(c1ccccc1)S(C)(=O)=O)C(C)=C2CCC(=O)O. The van der Waals surface area contributed by atoms with Gasteiger partial charge in [0.05, 0.1) is 12.0 Å². The molecule has 3 rings (SSSR count). The Labute approximate surface area is 169 Å². The van der Waals surface area contributed by atoms with E-state index in [1.54, 1.807) is 37.3 Å². The third-order valence-electron chi connectivity index (χ3n) is 4.94. The molecule has 0 saturated heterocycles. The number of fused-ring (bicyclic) bond motifs is 1. The van der Waals surface area contributed by atoms with Crippen LogP contribution in [0.15, 0.2) is 48.0 Å². The van der Waals surface area contributed by atoms with E-state index in [9.17, 15) is 17.6 Å². The lowest BCUT2D eigenvalue weighted by Crippen LogP contribution is -2.04. The molecule has 0 radical (unpaired) electrons. The van der Waals surface area contributed by atoms with E-state index in [0.717, 1.165) is 6.26 Å². The second-order valence-electron chi connectivity index (χ2n) is 6.87. The summed E-state index contributed by atoms with van der Waals surface area (Å²) in [5, 5.41) is 9.12. The van der Waals surface area contributed by atoms with Crippen LogP contribution in [0.25, 0.3) is 16.1 Å². The number of allylic oxidation sites excluding steroid dienone is 3. The Morgan fingerprint density at radius 3 is 2.34 bits per heavy atom. The number of rotatable bonds is 6. The largest absolute Gasteiger partial charge is 0.494 e. The van der Waals surface area contributed by atoms with Crippen LogP contribution in [-0.2, 0) is 14.6 Å². The summed E-state index contributed by atoms with van der Waals surface area (Å²) in [5.41, 5.74) is 3.20. The molecule has 0 heterocycles. The van der Waals surface area contributed by atoms with E-state index in [-0.39, 0.29) is 23.5 Å². The molecule has 7 heteroatoms. The molecule has 5 nitrogen and oxygen atoms in total. The number of carbonyl (C=O) groups is 1. The molecule has 2 aromatic rings. The van der Waals surface area contributed by atoms with Crippen LogP contribution in [0.2, 0.25) is 0 Å². The van der Waals surface area contributed by atoms with E-state index in [0.29, 0.717) is 33.4 Å². The summed E-state index contributed by atoms with van der Waals surface area (Å²) in [5.74, 6) is -1.56. The zero-order valence-corrected chi connectivity index (χ0v) is 17.1. The fraction of sp³-hybridized carbons (Fsp3) is 0.227. The van der Waals surface area contributed by atoms with Crippen molar-refractivity contribution in [3.63, 3.8) is 0 Å². The molecule has 1 aliphatic carbocycles. The molecular weight excluding hydrogens is 395 g/mol. The van der Waals surface area contributed by atoms with Gasteiger partial charge in [0.25, 0.3) is 0 Å². The fourth-order valence-corrected chi connectivity index (χ4v) is 4.90. The van der Waals surface area contributed by atoms with Crippen LogP contribution in [-0.4, -0.2) is 32.9 Å². The normalized spacial score (nSPS) is 15.3. The van der Waals surface area contributed by atoms with Gasteiger partial charge in [-0.05, 0) is 53.3 Å². The van der Waals surface area contributed by atoms with Gasteiger partial charge in [-0.25, -0.2) is 12.8 Å². The van der Waals surface area contributed by atoms with Crippen molar-refractivity contribution >= 4 is 31.9 Å². The van der Waals surface area contributed by atoms with Gasteiger partial charge in [-0.3, -0.25) is 4.79 Å². The highest BCUT2D eigenvalue weighted by Crippen LogP contribution is 2.49. The van der Waals surface area contributed by atoms with Gasteiger partial charge in [-0.15, -0.1) is 0 Å². The van der Waals surface area contributed by atoms with E-state index >= 15 is 0 Å². The molecule has 2 aromatic carbocycles. The first-order valence-corrected chi connectivity index (χ1v) is 10.8. The highest BCUT2D eigenvalue weighted by molar-refractivity contribution is 8.00. The van der Waals surface area contributed by atoms with Crippen LogP contribution in [0.4, 0.5) is 4.39 Å². The Hall–Kier alpha value is -2.93. The lowest BCUT2D eigenvalue weighted by molar-refractivity contribution is -0.136. The first-order chi connectivity index (χ1) is 13.6. The second kappa shape index (κ2) is 7.83. The van der Waals surface area contributed by atoms with Crippen molar-refractivity contribution in [3.05, 3.63) is 70.5 Å². The molecule has 152 valence electrons. The van der Waals surface area contributed by atoms with Gasteiger partial charge in [-0.2, -0.15) is 0 Å². The highest BCUT2D eigenvalue weighted by Gasteiger charge is 2.32. The third-order valence-corrected chi connectivity index (χ3v) is 6.12. The minimum atomic E-state index is -3.68. The summed E-state index contributed by atoms with van der Waals surface area (Å²) in [6.45, 7) is 1.74. The number of ether oxygens (including phenoxy) is 1. The van der Waals surface area contributed by atoms with E-state index in [1.165, 1.54) is 19.2 Å². The average Bonchev–Trinajstić information content (AvgIpc) is 2.90. The minimum absolute atomic E-state index is 0.0197. The van der Waals surface area contributed by atoms with Gasteiger partial charge in [0, 0.05) is 18.2 Å². The topological polar surface area (TPSA) is 80.7 Å². The molecule has 0 fully saturated rings. The fourth-order valence-electron chi connectivity index (χ4n) is 3.70. The van der Waals surface area contributed by atoms with Crippen molar-refractivity contribution in [2.24, 2.45) is 0 Å². The van der Waals surface area contributed by atoms with Gasteiger partial charge in [0.2, 0.25) is 0 Å². The minimum Gasteiger partial charge on any atom is -0.494 e. The number of methoxy groups -OCH3 is 1. The Morgan fingerprint density at radius 1 is 1.14 bits per heavy atom. The summed E-state index contributed by atoms with van der Waals surface area (Å²) >= 11 is 0. The molecule has 0 aromatic heterocycles. The lowest BCUT2D eigenvalue weighted by atomic mass is 9.99. The van der Waals surface area contributed by atoms with Gasteiger partial charge in [0.15, 0.2) is 21.4 Å². The van der Waals surface area contributed by atoms with Crippen molar-refractivity contribution in [2.45, 2.75) is 19.8 Å². The van der Waals surface area contributed by atoms with Crippen molar-refractivity contribution in [1.29, 1.82) is 0 Å². The third kappa shape index (κ3) is 3.96. The van der Waals surface area contributed by atoms with Gasteiger partial charge >= 0.3 is 5.97 Å². The van der Waals surface area contributed by atoms with Crippen LogP contribution in [0.5, 0.6) is 5.75 Å². The molecule has 0 bridgehead atoms. The number of hydrogen-bond donors (Lipinski definition) is 1. The Bertz CT molecular complexity index is 1150. The number of hydrogen-bond acceptors (Lipinski definition) is 4. The highest BCUT2D eigenvalue weighted by atomic mass is 32.2. The van der Waals surface area contributed by atoms with Crippen molar-refractivity contribution in [1.82, 2.24) is 0 Å². The summed E-state index contributed by atoms with van der Waals surface area (Å²) in [6.07, 6.45) is 1.18. The quantitative estimate of drug-likeness (QED) is 0.755. The molecule has 0 unspecified atom stereocenters. The number of halogens is 1. The van der Waals surface area contributed by atoms with Gasteiger partial charge in [0.1, 0.15) is 0 Å². The number of carboxylic acids is 1. The smallest absolute Gasteiger partial charge is 0.303 e. The van der Waals surface area contributed by atoms with Gasteiger partial charge in [-0.1, -0.05) is 30.3 Å². The summed E-state index contributed by atoms with van der Waals surface area (Å²) in [4.78, 5) is 11.2. The summed E-state index contributed by atoms with van der Waals surface area (Å²) in [6, 6.07) is 11.4. The number of benzene rings is 2. The van der Waals surface area contributed by atoms with Crippen molar-refractivity contribution < 1.29 is 27.4 Å². The molecule has 29 heavy (non-hydrogen) atoms. The molecule has 0 aliphatic heterocycles. The molecule has 0 amide bonds. The molecule has 0 spiro atoms. The average molecular weight is 416 g/mol.